The number of benzene rings is 3. The number of carbonyl (C=O) groups excluding carboxylic acids is 2. The van der Waals surface area contributed by atoms with E-state index < -0.39 is 18.1 Å². The summed E-state index contributed by atoms with van der Waals surface area (Å²) >= 11 is 0. The van der Waals surface area contributed by atoms with E-state index in [1.165, 1.54) is 7.11 Å². The molecule has 1 aromatic heterocycles. The van der Waals surface area contributed by atoms with Crippen LogP contribution in [0.1, 0.15) is 12.5 Å². The number of hydrogen-bond acceptors (Lipinski definition) is 5. The number of H-pyrrole nitrogens is 1. The van der Waals surface area contributed by atoms with E-state index in [9.17, 15) is 9.59 Å². The second-order valence-corrected chi connectivity index (χ2v) is 7.93. The molecule has 0 aliphatic carbocycles. The molecule has 3 aromatic carbocycles. The van der Waals surface area contributed by atoms with Gasteiger partial charge in [0.2, 0.25) is 5.91 Å². The molecule has 0 unspecified atom stereocenters. The summed E-state index contributed by atoms with van der Waals surface area (Å²) in [7, 11) is 1.32. The first-order chi connectivity index (χ1) is 16.5. The van der Waals surface area contributed by atoms with Crippen LogP contribution in [0.2, 0.25) is 0 Å². The van der Waals surface area contributed by atoms with Gasteiger partial charge >= 0.3 is 5.97 Å². The van der Waals surface area contributed by atoms with Crippen LogP contribution in [0.4, 0.5) is 5.69 Å². The van der Waals surface area contributed by atoms with Gasteiger partial charge in [-0.05, 0) is 42.8 Å². The number of amides is 1. The van der Waals surface area contributed by atoms with Gasteiger partial charge in [-0.15, -0.1) is 0 Å². The Bertz CT molecular complexity index is 1270. The highest BCUT2D eigenvalue weighted by Gasteiger charge is 2.26. The van der Waals surface area contributed by atoms with Crippen molar-refractivity contribution in [1.82, 2.24) is 10.3 Å². The van der Waals surface area contributed by atoms with E-state index in [0.717, 1.165) is 16.5 Å². The Morgan fingerprint density at radius 1 is 0.941 bits per heavy atom. The van der Waals surface area contributed by atoms with Gasteiger partial charge in [-0.1, -0.05) is 48.5 Å². The summed E-state index contributed by atoms with van der Waals surface area (Å²) in [6.07, 6.45) is 2.16. The highest BCUT2D eigenvalue weighted by molar-refractivity contribution is 5.90. The molecule has 3 N–H and O–H groups in total. The molecule has 0 aliphatic rings. The lowest BCUT2D eigenvalue weighted by Gasteiger charge is -2.21. The van der Waals surface area contributed by atoms with E-state index in [-0.39, 0.29) is 5.91 Å². The third-order valence-corrected chi connectivity index (χ3v) is 5.52. The number of fused-ring (bicyclic) bond motifs is 1. The van der Waals surface area contributed by atoms with Gasteiger partial charge in [-0.25, -0.2) is 4.79 Å². The van der Waals surface area contributed by atoms with Crippen molar-refractivity contribution >= 4 is 28.5 Å². The van der Waals surface area contributed by atoms with Gasteiger partial charge < -0.3 is 25.1 Å². The number of nitrogens with one attached hydrogen (secondary N) is 3. The summed E-state index contributed by atoms with van der Waals surface area (Å²) in [5, 5.41) is 7.02. The van der Waals surface area contributed by atoms with Crippen LogP contribution < -0.4 is 15.4 Å². The predicted octanol–water partition coefficient (Wildman–Crippen LogP) is 4.66. The van der Waals surface area contributed by atoms with Crippen molar-refractivity contribution in [1.29, 1.82) is 0 Å². The molecule has 0 saturated heterocycles. The fourth-order valence-corrected chi connectivity index (χ4v) is 3.74. The highest BCUT2D eigenvalue weighted by atomic mass is 16.5. The number of rotatable bonds is 9. The molecule has 0 aliphatic heterocycles. The molecule has 34 heavy (non-hydrogen) atoms. The molecule has 1 heterocycles. The number of methoxy groups -OCH3 is 1. The zero-order chi connectivity index (χ0) is 23.9. The monoisotopic (exact) mass is 457 g/mol. The summed E-state index contributed by atoms with van der Waals surface area (Å²) in [6, 6.07) is 23.2. The van der Waals surface area contributed by atoms with Gasteiger partial charge in [0.15, 0.2) is 5.75 Å². The minimum absolute atomic E-state index is 0.308. The van der Waals surface area contributed by atoms with Crippen molar-refractivity contribution in [2.24, 2.45) is 0 Å². The zero-order valence-corrected chi connectivity index (χ0v) is 19.1. The molecule has 0 saturated carbocycles. The third-order valence-electron chi connectivity index (χ3n) is 5.52. The molecule has 1 amide bonds. The first kappa shape index (κ1) is 22.9. The molecule has 0 bridgehead atoms. The topological polar surface area (TPSA) is 92.5 Å². The van der Waals surface area contributed by atoms with Crippen LogP contribution in [-0.2, 0) is 20.7 Å². The summed E-state index contributed by atoms with van der Waals surface area (Å²) in [6.45, 7) is 1.73. The normalized spacial score (nSPS) is 12.5. The molecule has 0 fully saturated rings. The third kappa shape index (κ3) is 5.38. The predicted molar refractivity (Wildman–Crippen MR) is 132 cm³/mol. The maximum Gasteiger partial charge on any atom is 0.328 e. The molecule has 174 valence electrons. The molecule has 4 aromatic rings. The van der Waals surface area contributed by atoms with Gasteiger partial charge in [0.05, 0.1) is 12.8 Å². The second-order valence-electron chi connectivity index (χ2n) is 7.93. The Morgan fingerprint density at radius 2 is 1.65 bits per heavy atom. The fourth-order valence-electron chi connectivity index (χ4n) is 3.74. The smallest absolute Gasteiger partial charge is 0.328 e. The average molecular weight is 458 g/mol. The first-order valence-electron chi connectivity index (χ1n) is 11.1. The van der Waals surface area contributed by atoms with Gasteiger partial charge in [0.1, 0.15) is 17.8 Å². The van der Waals surface area contributed by atoms with Crippen LogP contribution in [0.3, 0.4) is 0 Å². The van der Waals surface area contributed by atoms with Gasteiger partial charge in [-0.3, -0.25) is 4.79 Å². The summed E-state index contributed by atoms with van der Waals surface area (Å²) < 4.78 is 10.9. The molecule has 2 atom stereocenters. The van der Waals surface area contributed by atoms with Crippen LogP contribution in [-0.4, -0.2) is 36.1 Å². The van der Waals surface area contributed by atoms with E-state index >= 15 is 0 Å². The number of para-hydroxylation sites is 4. The summed E-state index contributed by atoms with van der Waals surface area (Å²) in [5.41, 5.74) is 2.56. The number of ether oxygens (including phenoxy) is 2. The zero-order valence-electron chi connectivity index (χ0n) is 19.1. The number of anilines is 1. The Hall–Kier alpha value is -4.26. The summed E-state index contributed by atoms with van der Waals surface area (Å²) in [5.74, 6) is 0.457. The molecular formula is C27H27N3O4. The largest absolute Gasteiger partial charge is 0.467 e. The highest BCUT2D eigenvalue weighted by Crippen LogP contribution is 2.29. The van der Waals surface area contributed by atoms with Gasteiger partial charge in [-0.2, -0.15) is 0 Å². The minimum Gasteiger partial charge on any atom is -0.467 e. The molecule has 7 heteroatoms. The first-order valence-corrected chi connectivity index (χ1v) is 11.1. The van der Waals surface area contributed by atoms with E-state index in [0.29, 0.717) is 23.6 Å². The molecule has 0 radical (unpaired) electrons. The minimum atomic E-state index is -0.822. The number of aromatic nitrogens is 1. The Balaban J connectivity index is 1.46. The van der Waals surface area contributed by atoms with Crippen molar-refractivity contribution in [2.45, 2.75) is 25.4 Å². The molecular weight excluding hydrogens is 430 g/mol. The van der Waals surface area contributed by atoms with E-state index in [2.05, 4.69) is 15.6 Å². The quantitative estimate of drug-likeness (QED) is 0.318. The Morgan fingerprint density at radius 3 is 2.44 bits per heavy atom. The lowest BCUT2D eigenvalue weighted by molar-refractivity contribution is -0.145. The average Bonchev–Trinajstić information content (AvgIpc) is 3.27. The lowest BCUT2D eigenvalue weighted by Crippen LogP contribution is -2.48. The van der Waals surface area contributed by atoms with Crippen molar-refractivity contribution in [3.8, 4) is 11.5 Å². The van der Waals surface area contributed by atoms with E-state index in [1.54, 1.807) is 6.92 Å². The molecule has 0 spiro atoms. The molecule has 4 rings (SSSR count). The van der Waals surface area contributed by atoms with Crippen LogP contribution >= 0.6 is 0 Å². The van der Waals surface area contributed by atoms with Crippen LogP contribution in [0, 0.1) is 0 Å². The summed E-state index contributed by atoms with van der Waals surface area (Å²) in [4.78, 5) is 28.7. The van der Waals surface area contributed by atoms with Crippen molar-refractivity contribution < 1.29 is 19.1 Å². The Kier molecular flexibility index (Phi) is 7.13. The van der Waals surface area contributed by atoms with Crippen molar-refractivity contribution in [2.75, 3.05) is 12.4 Å². The van der Waals surface area contributed by atoms with Crippen LogP contribution in [0.25, 0.3) is 10.9 Å². The fraction of sp³-hybridized carbons (Fsp3) is 0.185. The number of esters is 1. The van der Waals surface area contributed by atoms with Crippen LogP contribution in [0.5, 0.6) is 11.5 Å². The number of aromatic amines is 1. The van der Waals surface area contributed by atoms with Crippen molar-refractivity contribution in [3.63, 3.8) is 0 Å². The van der Waals surface area contributed by atoms with Crippen LogP contribution in [0.15, 0.2) is 85.1 Å². The maximum absolute atomic E-state index is 13.0. The van der Waals surface area contributed by atoms with E-state index in [1.807, 2.05) is 85.1 Å². The van der Waals surface area contributed by atoms with Crippen molar-refractivity contribution in [3.05, 3.63) is 90.6 Å². The number of carbonyl (C=O) groups is 2. The Labute approximate surface area is 198 Å². The molecule has 7 nitrogen and oxygen atoms in total. The second kappa shape index (κ2) is 10.6. The maximum atomic E-state index is 13.0. The van der Waals surface area contributed by atoms with Gasteiger partial charge in [0, 0.05) is 23.5 Å². The number of hydrogen-bond donors (Lipinski definition) is 3. The van der Waals surface area contributed by atoms with Gasteiger partial charge in [0.25, 0.3) is 0 Å². The standard InChI is InChI=1S/C27H27N3O4/c1-18(29-23-14-8-9-15-25(23)34-20-10-4-3-5-11-20)26(31)30-24(27(32)33-2)16-19-17-28-22-13-7-6-12-21(19)22/h3-15,17-18,24,28-29H,16H2,1-2H3,(H,30,31)/t18-,24-/m0/s1. The lowest BCUT2D eigenvalue weighted by atomic mass is 10.0. The SMILES string of the molecule is COC(=O)[C@H](Cc1c[nH]c2ccccc12)NC(=O)[C@H](C)Nc1ccccc1Oc1ccccc1. The van der Waals surface area contributed by atoms with E-state index in [4.69, 9.17) is 9.47 Å².